The van der Waals surface area contributed by atoms with E-state index in [2.05, 4.69) is 5.32 Å². The van der Waals surface area contributed by atoms with Crippen LogP contribution in [0.15, 0.2) is 29.2 Å². The molecule has 1 aromatic carbocycles. The monoisotopic (exact) mass is 327 g/mol. The first kappa shape index (κ1) is 16.2. The molecule has 0 aromatic heterocycles. The maximum Gasteiger partial charge on any atom is 0.409 e. The predicted molar refractivity (Wildman–Crippen MR) is 77.2 cm³/mol. The molecule has 22 heavy (non-hydrogen) atoms. The smallest absolute Gasteiger partial charge is 0.409 e. The molecule has 1 aromatic rings. The number of carbonyl (C=O) groups excluding carboxylic acids is 2. The Bertz CT molecular complexity index is 657. The van der Waals surface area contributed by atoms with Crippen LogP contribution in [-0.2, 0) is 26.1 Å². The molecule has 3 N–H and O–H groups in total. The third kappa shape index (κ3) is 4.43. The minimum atomic E-state index is -3.71. The van der Waals surface area contributed by atoms with Gasteiger partial charge < -0.3 is 15.0 Å². The number of cyclic esters (lactones) is 1. The average Bonchev–Trinajstić information content (AvgIpc) is 2.88. The molecule has 1 saturated heterocycles. The van der Waals surface area contributed by atoms with Gasteiger partial charge >= 0.3 is 6.09 Å². The van der Waals surface area contributed by atoms with E-state index in [1.807, 2.05) is 0 Å². The van der Waals surface area contributed by atoms with E-state index in [0.29, 0.717) is 19.7 Å². The van der Waals surface area contributed by atoms with Crippen molar-refractivity contribution in [3.63, 3.8) is 0 Å². The number of primary sulfonamides is 1. The number of nitrogens with zero attached hydrogens (tertiary/aromatic N) is 1. The lowest BCUT2D eigenvalue weighted by Gasteiger charge is -2.12. The average molecular weight is 327 g/mol. The van der Waals surface area contributed by atoms with Gasteiger partial charge in [-0.05, 0) is 17.7 Å². The normalized spacial score (nSPS) is 14.8. The number of hydrogen-bond acceptors (Lipinski definition) is 5. The number of benzene rings is 1. The quantitative estimate of drug-likeness (QED) is 0.749. The molecule has 0 bridgehead atoms. The van der Waals surface area contributed by atoms with E-state index >= 15 is 0 Å². The number of amides is 2. The topological polar surface area (TPSA) is 119 Å². The van der Waals surface area contributed by atoms with Gasteiger partial charge in [-0.1, -0.05) is 12.1 Å². The van der Waals surface area contributed by atoms with Crippen molar-refractivity contribution in [2.24, 2.45) is 5.14 Å². The van der Waals surface area contributed by atoms with Gasteiger partial charge in [0.15, 0.2) is 0 Å². The fourth-order valence-electron chi connectivity index (χ4n) is 1.95. The van der Waals surface area contributed by atoms with Crippen LogP contribution in [0, 0.1) is 0 Å². The van der Waals surface area contributed by atoms with E-state index in [1.54, 1.807) is 12.1 Å². The van der Waals surface area contributed by atoms with Crippen LogP contribution >= 0.6 is 0 Å². The molecule has 8 nitrogen and oxygen atoms in total. The first-order valence-electron chi connectivity index (χ1n) is 6.66. The summed E-state index contributed by atoms with van der Waals surface area (Å²) in [6, 6.07) is 5.93. The highest BCUT2D eigenvalue weighted by Crippen LogP contribution is 2.08. The number of rotatable bonds is 6. The molecule has 1 fully saturated rings. The number of sulfonamides is 1. The summed E-state index contributed by atoms with van der Waals surface area (Å²) in [6.07, 6.45) is -0.212. The second-order valence-corrected chi connectivity index (χ2v) is 6.38. The predicted octanol–water partition coefficient (Wildman–Crippen LogP) is -0.208. The second kappa shape index (κ2) is 6.75. The summed E-state index contributed by atoms with van der Waals surface area (Å²) in [5, 5.41) is 7.70. The lowest BCUT2D eigenvalue weighted by molar-refractivity contribution is -0.121. The minimum absolute atomic E-state index is 0.0233. The van der Waals surface area contributed by atoms with Gasteiger partial charge in [-0.15, -0.1) is 0 Å². The number of ether oxygens (including phenoxy) is 1. The van der Waals surface area contributed by atoms with Crippen molar-refractivity contribution in [3.05, 3.63) is 29.8 Å². The highest BCUT2D eigenvalue weighted by atomic mass is 32.2. The first-order chi connectivity index (χ1) is 10.4. The molecule has 120 valence electrons. The van der Waals surface area contributed by atoms with Gasteiger partial charge in [-0.25, -0.2) is 18.4 Å². The van der Waals surface area contributed by atoms with E-state index < -0.39 is 16.1 Å². The van der Waals surface area contributed by atoms with E-state index in [9.17, 15) is 18.0 Å². The lowest BCUT2D eigenvalue weighted by atomic mass is 10.2. The van der Waals surface area contributed by atoms with Crippen LogP contribution in [0.3, 0.4) is 0 Å². The summed E-state index contributed by atoms with van der Waals surface area (Å²) in [7, 11) is -3.71. The van der Waals surface area contributed by atoms with Gasteiger partial charge in [0.1, 0.15) is 6.61 Å². The van der Waals surface area contributed by atoms with Gasteiger partial charge in [0.05, 0.1) is 11.4 Å². The van der Waals surface area contributed by atoms with Crippen LogP contribution < -0.4 is 10.5 Å². The van der Waals surface area contributed by atoms with Crippen molar-refractivity contribution in [2.45, 2.75) is 17.9 Å². The molecular formula is C13H17N3O5S. The van der Waals surface area contributed by atoms with Crippen LogP contribution in [0.25, 0.3) is 0 Å². The Morgan fingerprint density at radius 3 is 2.55 bits per heavy atom. The zero-order chi connectivity index (χ0) is 16.2. The van der Waals surface area contributed by atoms with Gasteiger partial charge in [-0.2, -0.15) is 0 Å². The van der Waals surface area contributed by atoms with E-state index in [4.69, 9.17) is 9.88 Å². The van der Waals surface area contributed by atoms with Crippen molar-refractivity contribution < 1.29 is 22.7 Å². The van der Waals surface area contributed by atoms with Crippen molar-refractivity contribution in [1.29, 1.82) is 0 Å². The summed E-state index contributed by atoms with van der Waals surface area (Å²) in [6.45, 7) is 1.45. The van der Waals surface area contributed by atoms with Crippen molar-refractivity contribution >= 4 is 22.0 Å². The van der Waals surface area contributed by atoms with Gasteiger partial charge in [0, 0.05) is 19.5 Å². The van der Waals surface area contributed by atoms with Crippen molar-refractivity contribution in [1.82, 2.24) is 10.2 Å². The van der Waals surface area contributed by atoms with Crippen molar-refractivity contribution in [3.8, 4) is 0 Å². The molecule has 0 atom stereocenters. The van der Waals surface area contributed by atoms with Crippen LogP contribution in [0.5, 0.6) is 0 Å². The van der Waals surface area contributed by atoms with Crippen molar-refractivity contribution in [2.75, 3.05) is 19.7 Å². The summed E-state index contributed by atoms with van der Waals surface area (Å²) in [5.41, 5.74) is 0.751. The summed E-state index contributed by atoms with van der Waals surface area (Å²) >= 11 is 0. The molecular weight excluding hydrogens is 310 g/mol. The van der Waals surface area contributed by atoms with E-state index in [-0.39, 0.29) is 23.8 Å². The standard InChI is InChI=1S/C13H17N3O5S/c14-22(19,20)11-3-1-10(2-4-11)9-15-12(17)5-6-16-7-8-21-13(16)18/h1-4H,5-9H2,(H,15,17)(H2,14,19,20). The van der Waals surface area contributed by atoms with Gasteiger partial charge in [0.2, 0.25) is 15.9 Å². The summed E-state index contributed by atoms with van der Waals surface area (Å²) in [5.74, 6) is -0.199. The van der Waals surface area contributed by atoms with Gasteiger partial charge in [-0.3, -0.25) is 4.79 Å². The van der Waals surface area contributed by atoms with E-state index in [1.165, 1.54) is 17.0 Å². The van der Waals surface area contributed by atoms with Crippen LogP contribution in [0.1, 0.15) is 12.0 Å². The first-order valence-corrected chi connectivity index (χ1v) is 8.21. The lowest BCUT2D eigenvalue weighted by Crippen LogP contribution is -2.31. The minimum Gasteiger partial charge on any atom is -0.448 e. The maximum absolute atomic E-state index is 11.7. The van der Waals surface area contributed by atoms with Crippen LogP contribution in [0.2, 0.25) is 0 Å². The Kier molecular flexibility index (Phi) is 4.99. The molecule has 2 rings (SSSR count). The molecule has 0 unspecified atom stereocenters. The number of nitrogens with two attached hydrogens (primary N) is 1. The molecule has 2 amide bonds. The summed E-state index contributed by atoms with van der Waals surface area (Å²) < 4.78 is 27.0. The Labute approximate surface area is 128 Å². The Hall–Kier alpha value is -2.13. The Balaban J connectivity index is 1.77. The number of carbonyl (C=O) groups is 2. The molecule has 1 heterocycles. The second-order valence-electron chi connectivity index (χ2n) is 4.82. The molecule has 1 aliphatic heterocycles. The Morgan fingerprint density at radius 1 is 1.32 bits per heavy atom. The van der Waals surface area contributed by atoms with E-state index in [0.717, 1.165) is 5.56 Å². The molecule has 0 aliphatic carbocycles. The van der Waals surface area contributed by atoms with Crippen LogP contribution in [-0.4, -0.2) is 45.0 Å². The molecule has 1 aliphatic rings. The number of hydrogen-bond donors (Lipinski definition) is 2. The maximum atomic E-state index is 11.7. The largest absolute Gasteiger partial charge is 0.448 e. The Morgan fingerprint density at radius 2 is 2.00 bits per heavy atom. The highest BCUT2D eigenvalue weighted by Gasteiger charge is 2.21. The molecule has 9 heteroatoms. The van der Waals surface area contributed by atoms with Crippen LogP contribution in [0.4, 0.5) is 4.79 Å². The zero-order valence-corrected chi connectivity index (χ0v) is 12.6. The molecule has 0 saturated carbocycles. The SMILES string of the molecule is NS(=O)(=O)c1ccc(CNC(=O)CCN2CCOC2=O)cc1. The van der Waals surface area contributed by atoms with Gasteiger partial charge in [0.25, 0.3) is 0 Å². The summed E-state index contributed by atoms with van der Waals surface area (Å²) in [4.78, 5) is 24.4. The number of nitrogens with one attached hydrogen (secondary N) is 1. The molecule has 0 radical (unpaired) electrons. The molecule has 0 spiro atoms. The fourth-order valence-corrected chi connectivity index (χ4v) is 2.47. The zero-order valence-electron chi connectivity index (χ0n) is 11.8. The third-order valence-corrected chi connectivity index (χ3v) is 4.12. The third-order valence-electron chi connectivity index (χ3n) is 3.20. The fraction of sp³-hybridized carbons (Fsp3) is 0.385. The highest BCUT2D eigenvalue weighted by molar-refractivity contribution is 7.89.